The number of alkyl halides is 6. The Hall–Kier alpha value is -2.31. The molecule has 27 heavy (non-hydrogen) atoms. The fourth-order valence-corrected chi connectivity index (χ4v) is 2.89. The van der Waals surface area contributed by atoms with Crippen LogP contribution in [0.25, 0.3) is 0 Å². The lowest BCUT2D eigenvalue weighted by Gasteiger charge is -2.26. The average Bonchev–Trinajstić information content (AvgIpc) is 2.59. The van der Waals surface area contributed by atoms with Crippen LogP contribution in [0.2, 0.25) is 0 Å². The summed E-state index contributed by atoms with van der Waals surface area (Å²) in [6.45, 7) is 0. The van der Waals surface area contributed by atoms with E-state index in [0.717, 1.165) is 22.9 Å². The Labute approximate surface area is 155 Å². The number of benzene rings is 2. The van der Waals surface area contributed by atoms with E-state index < -0.39 is 23.5 Å². The molecule has 2 rings (SSSR count). The van der Waals surface area contributed by atoms with Gasteiger partial charge in [-0.15, -0.1) is 0 Å². The van der Waals surface area contributed by atoms with Gasteiger partial charge in [-0.3, -0.25) is 0 Å². The third-order valence-electron chi connectivity index (χ3n) is 3.43. The summed E-state index contributed by atoms with van der Waals surface area (Å²) < 4.78 is 77.8. The van der Waals surface area contributed by atoms with Crippen LogP contribution in [0.1, 0.15) is 5.56 Å². The second kappa shape index (κ2) is 7.74. The smallest absolute Gasteiger partial charge is 0.366 e. The number of anilines is 1. The van der Waals surface area contributed by atoms with Gasteiger partial charge in [0.1, 0.15) is 0 Å². The highest BCUT2D eigenvalue weighted by atomic mass is 32.2. The van der Waals surface area contributed by atoms with Crippen molar-refractivity contribution in [3.05, 3.63) is 60.2 Å². The van der Waals surface area contributed by atoms with Gasteiger partial charge in [0.25, 0.3) is 0 Å². The Morgan fingerprint density at radius 2 is 1.41 bits per heavy atom. The molecule has 0 aromatic heterocycles. The van der Waals surface area contributed by atoms with Gasteiger partial charge in [0.2, 0.25) is 5.60 Å². The average molecular weight is 405 g/mol. The maximum absolute atomic E-state index is 13.2. The molecule has 9 heteroatoms. The normalized spacial score (nSPS) is 14.1. The van der Waals surface area contributed by atoms with Gasteiger partial charge in [-0.2, -0.15) is 26.3 Å². The van der Waals surface area contributed by atoms with Crippen LogP contribution in [0.15, 0.2) is 59.5 Å². The summed E-state index contributed by atoms with van der Waals surface area (Å²) in [5.74, 6) is 1.42. The second-order valence-electron chi connectivity index (χ2n) is 5.40. The Balaban J connectivity index is 2.30. The van der Waals surface area contributed by atoms with E-state index in [1.54, 1.807) is 11.4 Å². The van der Waals surface area contributed by atoms with Crippen LogP contribution in [-0.4, -0.2) is 24.5 Å². The first-order chi connectivity index (χ1) is 12.4. The Kier molecular flexibility index (Phi) is 6.02. The van der Waals surface area contributed by atoms with Crippen molar-refractivity contribution in [3.8, 4) is 11.8 Å². The number of aliphatic hydroxyl groups is 1. The van der Waals surface area contributed by atoms with Crippen molar-refractivity contribution in [2.45, 2.75) is 22.8 Å². The van der Waals surface area contributed by atoms with Crippen LogP contribution >= 0.6 is 11.9 Å². The van der Waals surface area contributed by atoms with Crippen molar-refractivity contribution in [1.82, 2.24) is 0 Å². The number of halogens is 6. The summed E-state index contributed by atoms with van der Waals surface area (Å²) in [6, 6.07) is 13.5. The summed E-state index contributed by atoms with van der Waals surface area (Å²) in [7, 11) is 1.67. The van der Waals surface area contributed by atoms with E-state index >= 15 is 0 Å². The molecule has 0 radical (unpaired) electrons. The number of hydrogen-bond donors (Lipinski definition) is 1. The quantitative estimate of drug-likeness (QED) is 0.433. The van der Waals surface area contributed by atoms with Gasteiger partial charge in [0.05, 0.1) is 0 Å². The maximum atomic E-state index is 13.2. The molecule has 1 unspecified atom stereocenters. The van der Waals surface area contributed by atoms with Gasteiger partial charge in [-0.1, -0.05) is 30.3 Å². The maximum Gasteiger partial charge on any atom is 0.457 e. The van der Waals surface area contributed by atoms with Gasteiger partial charge >= 0.3 is 12.4 Å². The zero-order chi connectivity index (χ0) is 20.3. The lowest BCUT2D eigenvalue weighted by Crippen LogP contribution is -2.41. The monoisotopic (exact) mass is 405 g/mol. The molecule has 0 spiro atoms. The number of rotatable bonds is 4. The number of hydrogen-bond acceptors (Lipinski definition) is 3. The van der Waals surface area contributed by atoms with Crippen LogP contribution in [0.5, 0.6) is 0 Å². The highest BCUT2D eigenvalue weighted by molar-refractivity contribution is 8.00. The van der Waals surface area contributed by atoms with Crippen molar-refractivity contribution in [2.24, 2.45) is 0 Å². The molecule has 2 aromatic rings. The zero-order valence-electron chi connectivity index (χ0n) is 13.8. The highest BCUT2D eigenvalue weighted by Crippen LogP contribution is 2.40. The van der Waals surface area contributed by atoms with Crippen molar-refractivity contribution < 1.29 is 31.4 Å². The molecule has 144 valence electrons. The van der Waals surface area contributed by atoms with Crippen LogP contribution in [-0.2, 0) is 5.60 Å². The zero-order valence-corrected chi connectivity index (χ0v) is 14.6. The molecule has 0 aliphatic carbocycles. The lowest BCUT2D eigenvalue weighted by molar-refractivity contribution is -0.241. The lowest BCUT2D eigenvalue weighted by atomic mass is 9.93. The molecule has 0 heterocycles. The van der Waals surface area contributed by atoms with E-state index in [1.807, 2.05) is 30.3 Å². The topological polar surface area (TPSA) is 23.5 Å². The van der Waals surface area contributed by atoms with E-state index in [2.05, 4.69) is 0 Å². The van der Waals surface area contributed by atoms with Gasteiger partial charge in [0.15, 0.2) is 0 Å². The molecule has 0 fully saturated rings. The Morgan fingerprint density at radius 3 is 1.89 bits per heavy atom. The molecule has 0 bridgehead atoms. The fraction of sp³-hybridized carbons (Fsp3) is 0.222. The summed E-state index contributed by atoms with van der Waals surface area (Å²) in [5, 5.41) is 9.83. The highest BCUT2D eigenvalue weighted by Gasteiger charge is 2.54. The third-order valence-corrected chi connectivity index (χ3v) is 4.40. The van der Waals surface area contributed by atoms with E-state index in [9.17, 15) is 31.4 Å². The van der Waals surface area contributed by atoms with Crippen LogP contribution in [0.3, 0.4) is 0 Å². The summed E-state index contributed by atoms with van der Waals surface area (Å²) in [6.07, 6.45) is -10.6. The summed E-state index contributed by atoms with van der Waals surface area (Å²) >= 11 is 1.30. The van der Waals surface area contributed by atoms with Gasteiger partial charge in [-0.25, -0.2) is 0 Å². The Morgan fingerprint density at radius 1 is 0.852 bits per heavy atom. The predicted molar refractivity (Wildman–Crippen MR) is 90.9 cm³/mol. The molecule has 1 N–H and O–H groups in total. The largest absolute Gasteiger partial charge is 0.457 e. The molecular formula is C18H13F6NOS. The molecule has 0 aliphatic rings. The molecule has 0 saturated heterocycles. The summed E-state index contributed by atoms with van der Waals surface area (Å²) in [5.41, 5.74) is -4.24. The minimum absolute atomic E-state index is 0.487. The van der Waals surface area contributed by atoms with Crippen LogP contribution < -0.4 is 4.31 Å². The molecule has 1 atom stereocenters. The molecule has 2 nitrogen and oxygen atoms in total. The molecule has 0 saturated carbocycles. The van der Waals surface area contributed by atoms with Crippen LogP contribution in [0.4, 0.5) is 32.0 Å². The number of nitrogens with zero attached hydrogens (tertiary/aromatic N) is 1. The molecule has 2 aromatic carbocycles. The molecule has 0 aliphatic heterocycles. The van der Waals surface area contributed by atoms with Crippen molar-refractivity contribution in [2.75, 3.05) is 11.4 Å². The fourth-order valence-electron chi connectivity index (χ4n) is 2.07. The molecule has 0 amide bonds. The van der Waals surface area contributed by atoms with E-state index in [-0.39, 0.29) is 0 Å². The minimum atomic E-state index is -5.41. The minimum Gasteiger partial charge on any atom is -0.366 e. The van der Waals surface area contributed by atoms with E-state index in [1.165, 1.54) is 24.1 Å². The van der Waals surface area contributed by atoms with Gasteiger partial charge in [-0.05, 0) is 42.1 Å². The van der Waals surface area contributed by atoms with Gasteiger partial charge < -0.3 is 9.41 Å². The molecular weight excluding hydrogens is 392 g/mol. The Bertz CT molecular complexity index is 823. The first-order valence-electron chi connectivity index (χ1n) is 7.40. The third kappa shape index (κ3) is 5.34. The van der Waals surface area contributed by atoms with Gasteiger partial charge in [0, 0.05) is 29.1 Å². The van der Waals surface area contributed by atoms with E-state index in [0.29, 0.717) is 11.6 Å². The second-order valence-corrected chi connectivity index (χ2v) is 6.61. The van der Waals surface area contributed by atoms with E-state index in [4.69, 9.17) is 0 Å². The van der Waals surface area contributed by atoms with Crippen molar-refractivity contribution in [3.63, 3.8) is 0 Å². The standard InChI is InChI=1S/C18H13F6NOS/c1-25(27-15-5-3-2-4-6-15)14-9-7-13(8-10-14)16(26,18(22,23)24)11-12-17(19,20)21/h2-10,26H,1H3. The van der Waals surface area contributed by atoms with Crippen molar-refractivity contribution >= 4 is 17.6 Å². The predicted octanol–water partition coefficient (Wildman–Crippen LogP) is 5.15. The SMILES string of the molecule is CN(Sc1ccccc1)c1ccc(C(O)(C#CC(F)(F)F)C(F)(F)F)cc1. The first kappa shape index (κ1) is 21.0. The van der Waals surface area contributed by atoms with Crippen LogP contribution in [0, 0.1) is 11.8 Å². The first-order valence-corrected chi connectivity index (χ1v) is 8.17. The summed E-state index contributed by atoms with van der Waals surface area (Å²) in [4.78, 5) is 0.881. The van der Waals surface area contributed by atoms with Crippen molar-refractivity contribution in [1.29, 1.82) is 0 Å².